The van der Waals surface area contributed by atoms with Crippen molar-refractivity contribution < 1.29 is 95.4 Å². The third kappa shape index (κ3) is 19.4. The molecule has 0 unspecified atom stereocenters. The Morgan fingerprint density at radius 3 is 0.400 bits per heavy atom. The first-order valence-electron chi connectivity index (χ1n) is 0. The van der Waals surface area contributed by atoms with E-state index < -0.39 is 0 Å². The van der Waals surface area contributed by atoms with Gasteiger partial charge in [-0.1, -0.05) is 0 Å². The first-order chi connectivity index (χ1) is 0. The molecule has 5 heteroatoms. The molecule has 0 nitrogen and oxygen atoms in total. The van der Waals surface area contributed by atoms with Crippen molar-refractivity contribution in [3.8, 4) is 0 Å². The van der Waals surface area contributed by atoms with Crippen molar-refractivity contribution in [2.24, 2.45) is 0 Å². The van der Waals surface area contributed by atoms with Crippen molar-refractivity contribution in [1.82, 2.24) is 0 Å². The van der Waals surface area contributed by atoms with Gasteiger partial charge in [0.1, 0.15) is 0 Å². The first kappa shape index (κ1) is 43.3. The zero-order valence-electron chi connectivity index (χ0n) is 1.55. The summed E-state index contributed by atoms with van der Waals surface area (Å²) in [6, 6.07) is 0. The van der Waals surface area contributed by atoms with Crippen LogP contribution in [0.4, 0.5) is 0 Å². The van der Waals surface area contributed by atoms with E-state index in [1.807, 2.05) is 0 Å². The molecule has 2 radical (unpaired) electrons. The van der Waals surface area contributed by atoms with Crippen molar-refractivity contribution in [2.75, 3.05) is 0 Å². The smallest absolute Gasteiger partial charge is 0 e. The van der Waals surface area contributed by atoms with E-state index >= 15 is 0 Å². The Morgan fingerprint density at radius 1 is 0.400 bits per heavy atom. The summed E-state index contributed by atoms with van der Waals surface area (Å²) in [4.78, 5) is 0. The van der Waals surface area contributed by atoms with Gasteiger partial charge in [-0.05, 0) is 0 Å². The molecule has 0 aromatic carbocycles. The summed E-state index contributed by atoms with van der Waals surface area (Å²) in [6.45, 7) is 0. The first-order valence-corrected chi connectivity index (χ1v) is 0. The summed E-state index contributed by atoms with van der Waals surface area (Å²) in [7, 11) is 0. The molecule has 0 aromatic rings. The Bertz CT molecular complexity index is 4.85. The van der Waals surface area contributed by atoms with E-state index in [2.05, 4.69) is 0 Å². The number of rotatable bonds is 0. The van der Waals surface area contributed by atoms with Crippen LogP contribution in [0.5, 0.6) is 0 Å². The second-order valence-corrected chi connectivity index (χ2v) is 0. The Morgan fingerprint density at radius 2 is 0.400 bits per heavy atom. The van der Waals surface area contributed by atoms with Gasteiger partial charge >= 0.3 is 0 Å². The largest absolute Gasteiger partial charge is 0 e. The molecule has 0 aromatic heterocycles. The minimum absolute atomic E-state index is 0. The zero-order valence-corrected chi connectivity index (χ0v) is 8.10. The molecule has 0 bridgehead atoms. The van der Waals surface area contributed by atoms with Crippen molar-refractivity contribution in [3.05, 3.63) is 0 Å². The molecule has 0 saturated carbocycles. The normalized spacial score (nSPS) is 0. The summed E-state index contributed by atoms with van der Waals surface area (Å²) >= 11 is 0. The van der Waals surface area contributed by atoms with Gasteiger partial charge in [-0.15, -0.1) is 0 Å². The van der Waals surface area contributed by atoms with Gasteiger partial charge in [-0.3, -0.25) is 0 Å². The maximum atomic E-state index is 0. The fourth-order valence-electron chi connectivity index (χ4n) is 0. The van der Waals surface area contributed by atoms with Gasteiger partial charge < -0.3 is 0 Å². The minimum atomic E-state index is 0. The quantitative estimate of drug-likeness (QED) is 0.460. The molecule has 0 heterocycles. The van der Waals surface area contributed by atoms with Gasteiger partial charge in [0, 0.05) is 95.4 Å². The van der Waals surface area contributed by atoms with Gasteiger partial charge in [0.05, 0.1) is 0 Å². The Hall–Kier alpha value is 3.03. The van der Waals surface area contributed by atoms with Gasteiger partial charge in [0.25, 0.3) is 0 Å². The van der Waals surface area contributed by atoms with Crippen LogP contribution >= 0.6 is 0 Å². The maximum absolute atomic E-state index is 0. The number of hydrogen-bond donors (Lipinski definition) is 0. The topological polar surface area (TPSA) is 0 Å². The summed E-state index contributed by atoms with van der Waals surface area (Å²) in [6.07, 6.45) is 0. The molecule has 0 atom stereocenters. The van der Waals surface area contributed by atoms with Crippen LogP contribution in [-0.2, 0) is 95.4 Å². The second-order valence-electron chi connectivity index (χ2n) is 0. The fraction of sp³-hybridized carbons (Fsp3) is 0. The Labute approximate surface area is 93.9 Å². The van der Waals surface area contributed by atoms with Crippen LogP contribution in [0.2, 0.25) is 0 Å². The van der Waals surface area contributed by atoms with Crippen LogP contribution in [0.1, 0.15) is 0 Å². The van der Waals surface area contributed by atoms with Crippen molar-refractivity contribution in [3.63, 3.8) is 0 Å². The second kappa shape index (κ2) is 27.9. The van der Waals surface area contributed by atoms with E-state index in [1.165, 1.54) is 0 Å². The minimum Gasteiger partial charge on any atom is 0 e. The summed E-state index contributed by atoms with van der Waals surface area (Å²) in [5.41, 5.74) is 0. The summed E-state index contributed by atoms with van der Waals surface area (Å²) in [5, 5.41) is 0. The van der Waals surface area contributed by atoms with Gasteiger partial charge in [-0.2, -0.15) is 0 Å². The Balaban J connectivity index is 0. The van der Waals surface area contributed by atoms with Crippen molar-refractivity contribution >= 4 is 0 Å². The van der Waals surface area contributed by atoms with Gasteiger partial charge in [0.15, 0.2) is 0 Å². The van der Waals surface area contributed by atoms with Crippen LogP contribution < -0.4 is 0 Å². The molecular formula is Cu2Pd3. The standard InChI is InChI=1S/2Cu.3Pd. The number of hydrogen-bond acceptors (Lipinski definition) is 0. The molecular weight excluding hydrogens is 446 g/mol. The van der Waals surface area contributed by atoms with Crippen LogP contribution in [-0.4, -0.2) is 0 Å². The van der Waals surface area contributed by atoms with Crippen LogP contribution in [0.3, 0.4) is 0 Å². The van der Waals surface area contributed by atoms with E-state index in [1.54, 1.807) is 0 Å². The molecule has 0 amide bonds. The van der Waals surface area contributed by atoms with Gasteiger partial charge in [0.2, 0.25) is 0 Å². The van der Waals surface area contributed by atoms with E-state index in [9.17, 15) is 0 Å². The molecule has 0 N–H and O–H groups in total. The van der Waals surface area contributed by atoms with E-state index in [0.29, 0.717) is 0 Å². The monoisotopic (exact) mass is 444 g/mol. The van der Waals surface area contributed by atoms with Crippen LogP contribution in [0.25, 0.3) is 0 Å². The molecule has 0 spiro atoms. The predicted octanol–water partition coefficient (Wildman–Crippen LogP) is -0.0125. The van der Waals surface area contributed by atoms with E-state index in [4.69, 9.17) is 0 Å². The maximum Gasteiger partial charge on any atom is 0 e. The van der Waals surface area contributed by atoms with Crippen LogP contribution in [0, 0.1) is 0 Å². The molecule has 0 saturated heterocycles. The molecule has 0 aliphatic carbocycles. The van der Waals surface area contributed by atoms with Crippen molar-refractivity contribution in [1.29, 1.82) is 0 Å². The van der Waals surface area contributed by atoms with Crippen LogP contribution in [0.15, 0.2) is 0 Å². The average molecular weight is 446 g/mol. The third-order valence-electron chi connectivity index (χ3n) is 0. The SMILES string of the molecule is [Cu].[Cu].[Pd].[Pd].[Pd]. The third-order valence-corrected chi connectivity index (χ3v) is 0. The Kier molecular flexibility index (Phi) is 241. The summed E-state index contributed by atoms with van der Waals surface area (Å²) in [5.74, 6) is 0. The molecule has 0 rings (SSSR count). The van der Waals surface area contributed by atoms with Crippen molar-refractivity contribution in [2.45, 2.75) is 0 Å². The fourth-order valence-corrected chi connectivity index (χ4v) is 0. The van der Waals surface area contributed by atoms with E-state index in [0.717, 1.165) is 0 Å². The molecule has 52 valence electrons. The van der Waals surface area contributed by atoms with E-state index in [-0.39, 0.29) is 95.4 Å². The molecule has 5 heavy (non-hydrogen) atoms. The molecule has 0 aliphatic rings. The zero-order chi connectivity index (χ0) is 0. The van der Waals surface area contributed by atoms with Gasteiger partial charge in [-0.25, -0.2) is 0 Å². The molecule has 0 aliphatic heterocycles. The average Bonchev–Trinajstić information content (AvgIpc) is 0. The predicted molar refractivity (Wildman–Crippen MR) is 0 cm³/mol. The summed E-state index contributed by atoms with van der Waals surface area (Å²) < 4.78 is 0. The molecule has 0 fully saturated rings.